The minimum Gasteiger partial charge on any atom is -0.382 e. The van der Waals surface area contributed by atoms with Crippen molar-refractivity contribution in [3.63, 3.8) is 0 Å². The Morgan fingerprint density at radius 1 is 1.53 bits per heavy atom. The van der Waals surface area contributed by atoms with Crippen LogP contribution in [0.2, 0.25) is 0 Å². The quantitative estimate of drug-likeness (QED) is 0.710. The van der Waals surface area contributed by atoms with E-state index in [1.807, 2.05) is 0 Å². The van der Waals surface area contributed by atoms with Crippen molar-refractivity contribution in [2.24, 2.45) is 5.10 Å². The SMILES string of the molecule is COC[C@@H]1CCCN1/N=C1/C=CCCC1. The first-order valence-electron chi connectivity index (χ1n) is 5.90. The van der Waals surface area contributed by atoms with Gasteiger partial charge in [-0.1, -0.05) is 6.08 Å². The topological polar surface area (TPSA) is 24.8 Å². The van der Waals surface area contributed by atoms with Crippen molar-refractivity contribution in [1.82, 2.24) is 5.01 Å². The van der Waals surface area contributed by atoms with Gasteiger partial charge in [0.25, 0.3) is 0 Å². The van der Waals surface area contributed by atoms with Crippen LogP contribution < -0.4 is 0 Å². The summed E-state index contributed by atoms with van der Waals surface area (Å²) in [4.78, 5) is 0. The first-order valence-corrected chi connectivity index (χ1v) is 5.90. The molecule has 84 valence electrons. The van der Waals surface area contributed by atoms with E-state index in [1.165, 1.54) is 31.4 Å². The normalized spacial score (nSPS) is 29.0. The Labute approximate surface area is 91.8 Å². The molecule has 1 atom stereocenters. The second-order valence-electron chi connectivity index (χ2n) is 4.30. The summed E-state index contributed by atoms with van der Waals surface area (Å²) < 4.78 is 5.22. The Kier molecular flexibility index (Phi) is 3.78. The lowest BCUT2D eigenvalue weighted by Gasteiger charge is -2.22. The number of allylic oxidation sites excluding steroid dienone is 2. The van der Waals surface area contributed by atoms with E-state index in [2.05, 4.69) is 17.2 Å². The largest absolute Gasteiger partial charge is 0.382 e. The summed E-state index contributed by atoms with van der Waals surface area (Å²) in [5, 5.41) is 6.94. The van der Waals surface area contributed by atoms with Crippen molar-refractivity contribution in [3.05, 3.63) is 12.2 Å². The van der Waals surface area contributed by atoms with E-state index >= 15 is 0 Å². The second-order valence-corrected chi connectivity index (χ2v) is 4.30. The standard InChI is InChI=1S/C12H20N2O/c1-15-10-12-8-5-9-14(12)13-11-6-3-2-4-7-11/h3,6,12H,2,4-5,7-10H2,1H3/b13-11-/t12-/m0/s1. The summed E-state index contributed by atoms with van der Waals surface area (Å²) in [5.74, 6) is 0. The Morgan fingerprint density at radius 2 is 2.47 bits per heavy atom. The summed E-state index contributed by atoms with van der Waals surface area (Å²) in [6, 6.07) is 0.498. The van der Waals surface area contributed by atoms with Gasteiger partial charge in [0.15, 0.2) is 0 Å². The molecule has 2 rings (SSSR count). The fourth-order valence-electron chi connectivity index (χ4n) is 2.27. The predicted molar refractivity (Wildman–Crippen MR) is 62.0 cm³/mol. The van der Waals surface area contributed by atoms with Crippen LogP contribution in [0.15, 0.2) is 17.3 Å². The van der Waals surface area contributed by atoms with Crippen molar-refractivity contribution in [3.8, 4) is 0 Å². The number of rotatable bonds is 3. The maximum Gasteiger partial charge on any atom is 0.0704 e. The fraction of sp³-hybridized carbons (Fsp3) is 0.750. The first-order chi connectivity index (χ1) is 7.40. The number of ether oxygens (including phenoxy) is 1. The van der Waals surface area contributed by atoms with Crippen LogP contribution in [0.1, 0.15) is 32.1 Å². The van der Waals surface area contributed by atoms with Crippen LogP contribution in [0.25, 0.3) is 0 Å². The van der Waals surface area contributed by atoms with Crippen LogP contribution in [-0.2, 0) is 4.74 Å². The van der Waals surface area contributed by atoms with Crippen LogP contribution in [0, 0.1) is 0 Å². The van der Waals surface area contributed by atoms with Crippen LogP contribution in [0.4, 0.5) is 0 Å². The average molecular weight is 208 g/mol. The van der Waals surface area contributed by atoms with Crippen molar-refractivity contribution in [2.75, 3.05) is 20.3 Å². The highest BCUT2D eigenvalue weighted by atomic mass is 16.5. The molecule has 0 radical (unpaired) electrons. The van der Waals surface area contributed by atoms with Crippen molar-refractivity contribution >= 4 is 5.71 Å². The fourth-order valence-corrected chi connectivity index (χ4v) is 2.27. The molecule has 2 aliphatic rings. The molecule has 3 heteroatoms. The molecule has 0 saturated carbocycles. The maximum atomic E-state index is 5.22. The molecule has 0 unspecified atom stereocenters. The van der Waals surface area contributed by atoms with Crippen LogP contribution in [0.3, 0.4) is 0 Å². The van der Waals surface area contributed by atoms with Gasteiger partial charge in [-0.15, -0.1) is 0 Å². The molecule has 0 aromatic rings. The van der Waals surface area contributed by atoms with Crippen molar-refractivity contribution in [2.45, 2.75) is 38.1 Å². The third-order valence-electron chi connectivity index (χ3n) is 3.08. The zero-order valence-electron chi connectivity index (χ0n) is 9.48. The average Bonchev–Trinajstić information content (AvgIpc) is 2.68. The number of hydrazone groups is 1. The maximum absolute atomic E-state index is 5.22. The van der Waals surface area contributed by atoms with Gasteiger partial charge >= 0.3 is 0 Å². The third-order valence-corrected chi connectivity index (χ3v) is 3.08. The number of hydrogen-bond acceptors (Lipinski definition) is 3. The molecule has 1 saturated heterocycles. The monoisotopic (exact) mass is 208 g/mol. The highest BCUT2D eigenvalue weighted by molar-refractivity contribution is 5.95. The zero-order valence-corrected chi connectivity index (χ0v) is 9.48. The molecule has 1 heterocycles. The van der Waals surface area contributed by atoms with E-state index in [9.17, 15) is 0 Å². The lowest BCUT2D eigenvalue weighted by molar-refractivity contribution is 0.118. The minimum absolute atomic E-state index is 0.498. The van der Waals surface area contributed by atoms with Crippen molar-refractivity contribution < 1.29 is 4.74 Å². The van der Waals surface area contributed by atoms with Gasteiger partial charge in [-0.05, 0) is 38.2 Å². The van der Waals surface area contributed by atoms with E-state index in [4.69, 9.17) is 9.84 Å². The van der Waals surface area contributed by atoms with E-state index in [1.54, 1.807) is 7.11 Å². The Bertz CT molecular complexity index is 260. The van der Waals surface area contributed by atoms with Crippen LogP contribution >= 0.6 is 0 Å². The molecule has 0 bridgehead atoms. The molecular formula is C12H20N2O. The number of hydrogen-bond donors (Lipinski definition) is 0. The molecule has 0 amide bonds. The smallest absolute Gasteiger partial charge is 0.0704 e. The Morgan fingerprint density at radius 3 is 3.20 bits per heavy atom. The Balaban J connectivity index is 1.97. The number of nitrogens with zero attached hydrogens (tertiary/aromatic N) is 2. The molecular weight excluding hydrogens is 188 g/mol. The van der Waals surface area contributed by atoms with Crippen molar-refractivity contribution in [1.29, 1.82) is 0 Å². The predicted octanol–water partition coefficient (Wildman–Crippen LogP) is 2.19. The molecule has 0 aromatic carbocycles. The number of methoxy groups -OCH3 is 1. The van der Waals surface area contributed by atoms with Gasteiger partial charge in [0.05, 0.1) is 18.4 Å². The van der Waals surface area contributed by atoms with E-state index in [-0.39, 0.29) is 0 Å². The van der Waals surface area contributed by atoms with Gasteiger partial charge < -0.3 is 4.74 Å². The molecule has 0 spiro atoms. The zero-order chi connectivity index (χ0) is 10.5. The first kappa shape index (κ1) is 10.7. The van der Waals surface area contributed by atoms with E-state index < -0.39 is 0 Å². The summed E-state index contributed by atoms with van der Waals surface area (Å²) in [7, 11) is 1.77. The molecule has 3 nitrogen and oxygen atoms in total. The van der Waals surface area contributed by atoms with Gasteiger partial charge in [-0.25, -0.2) is 0 Å². The Hall–Kier alpha value is -0.830. The lowest BCUT2D eigenvalue weighted by Crippen LogP contribution is -2.29. The highest BCUT2D eigenvalue weighted by Crippen LogP contribution is 2.19. The van der Waals surface area contributed by atoms with Gasteiger partial charge in [0, 0.05) is 13.7 Å². The molecule has 0 N–H and O–H groups in total. The molecule has 0 aromatic heterocycles. The molecule has 1 aliphatic heterocycles. The highest BCUT2D eigenvalue weighted by Gasteiger charge is 2.23. The molecule has 1 fully saturated rings. The summed E-state index contributed by atoms with van der Waals surface area (Å²) in [6.45, 7) is 1.89. The van der Waals surface area contributed by atoms with Gasteiger partial charge in [0.2, 0.25) is 0 Å². The van der Waals surface area contributed by atoms with E-state index in [0.717, 1.165) is 19.6 Å². The lowest BCUT2D eigenvalue weighted by atomic mass is 10.1. The van der Waals surface area contributed by atoms with Gasteiger partial charge in [-0.2, -0.15) is 5.10 Å². The summed E-state index contributed by atoms with van der Waals surface area (Å²) in [5.41, 5.74) is 1.24. The third kappa shape index (κ3) is 2.81. The van der Waals surface area contributed by atoms with Crippen LogP contribution in [0.5, 0.6) is 0 Å². The van der Waals surface area contributed by atoms with Crippen LogP contribution in [-0.4, -0.2) is 37.0 Å². The van der Waals surface area contributed by atoms with E-state index in [0.29, 0.717) is 6.04 Å². The second kappa shape index (κ2) is 5.31. The molecule has 15 heavy (non-hydrogen) atoms. The molecule has 1 aliphatic carbocycles. The van der Waals surface area contributed by atoms with Gasteiger partial charge in [-0.3, -0.25) is 5.01 Å². The minimum atomic E-state index is 0.498. The summed E-state index contributed by atoms with van der Waals surface area (Å²) >= 11 is 0. The van der Waals surface area contributed by atoms with Gasteiger partial charge in [0.1, 0.15) is 0 Å². The summed E-state index contributed by atoms with van der Waals surface area (Å²) in [6.07, 6.45) is 10.4.